The van der Waals surface area contributed by atoms with E-state index in [-0.39, 0.29) is 137 Å². The number of nitrogens with two attached hydrogens (primary N) is 5. The Balaban J connectivity index is 0.701. The molecule has 98 heavy (non-hydrogen) atoms. The molecule has 1 saturated heterocycles. The third-order valence-electron chi connectivity index (χ3n) is 16.4. The molecule has 0 radical (unpaired) electrons. The van der Waals surface area contributed by atoms with E-state index in [1.165, 1.54) is 47.7 Å². The molecule has 33 nitrogen and oxygen atoms in total. The molecule has 534 valence electrons. The zero-order valence-corrected chi connectivity index (χ0v) is 55.0. The SMILES string of the molecule is C[N+](C)(C)[C@@H](CCCCn1cc(C[C@H](NC(=O)CN(N)/C=C(\N)CN)C(O)NCCOCCOCCOCCN(N)/C=C(\N)CNC(=O)c2ccc3c(c2)C(=O)OC32c3ccc(O)cc3Oc3cc(O)ccc32)nn1)C(=O)Nc1ccc(CCO[C@@H]2O[C@H](CO)[C@@H](O)[C@H](O)[C@H]2O)cc1. The van der Waals surface area contributed by atoms with Crippen LogP contribution >= 0.6 is 0 Å². The Bertz CT molecular complexity index is 3480. The fourth-order valence-electron chi connectivity index (χ4n) is 11.3. The third kappa shape index (κ3) is 20.3. The largest absolute Gasteiger partial charge is 0.508 e. The van der Waals surface area contributed by atoms with E-state index in [4.69, 9.17) is 62.0 Å². The molecule has 0 aliphatic carbocycles. The van der Waals surface area contributed by atoms with E-state index in [2.05, 4.69) is 31.6 Å². The molecule has 3 aliphatic rings. The van der Waals surface area contributed by atoms with Crippen LogP contribution in [0.15, 0.2) is 109 Å². The van der Waals surface area contributed by atoms with Gasteiger partial charge in [0.1, 0.15) is 60.2 Å². The van der Waals surface area contributed by atoms with Crippen LogP contribution in [0.3, 0.4) is 0 Å². The quantitative estimate of drug-likeness (QED) is 0.00499. The van der Waals surface area contributed by atoms with Crippen molar-refractivity contribution in [2.24, 2.45) is 28.9 Å². The van der Waals surface area contributed by atoms with E-state index in [1.54, 1.807) is 47.3 Å². The number of carbonyl (C=O) groups excluding carboxylic acids is 4. The predicted molar refractivity (Wildman–Crippen MR) is 352 cm³/mol. The van der Waals surface area contributed by atoms with E-state index >= 15 is 0 Å². The van der Waals surface area contributed by atoms with Crippen LogP contribution in [-0.2, 0) is 63.0 Å². The van der Waals surface area contributed by atoms with Crippen LogP contribution in [0.2, 0.25) is 0 Å². The summed E-state index contributed by atoms with van der Waals surface area (Å²) in [5.41, 5.74) is 20.2. The molecule has 8 rings (SSSR count). The maximum atomic E-state index is 13.7. The average Bonchev–Trinajstić information content (AvgIpc) is 1.47. The molecule has 5 aromatic rings. The van der Waals surface area contributed by atoms with Crippen molar-refractivity contribution < 1.29 is 92.6 Å². The van der Waals surface area contributed by atoms with Gasteiger partial charge in [-0.1, -0.05) is 23.4 Å². The third-order valence-corrected chi connectivity index (χ3v) is 16.4. The highest BCUT2D eigenvalue weighted by Crippen LogP contribution is 2.57. The first-order valence-corrected chi connectivity index (χ1v) is 32.0. The number of rotatable bonds is 38. The number of ether oxygens (including phenoxy) is 7. The molecule has 0 bridgehead atoms. The predicted octanol–water partition coefficient (Wildman–Crippen LogP) is -2.17. The first-order chi connectivity index (χ1) is 46.9. The number of anilines is 1. The van der Waals surface area contributed by atoms with Gasteiger partial charge in [0.05, 0.1) is 104 Å². The highest BCUT2D eigenvalue weighted by Gasteiger charge is 2.54. The van der Waals surface area contributed by atoms with Gasteiger partial charge in [-0.15, -0.1) is 5.10 Å². The van der Waals surface area contributed by atoms with Crippen molar-refractivity contribution in [3.63, 3.8) is 0 Å². The standard InChI is InChI=1S/C65H91N15O18/c1-80(2,3)52(62(90)73-43-10-7-39(8-11-43)17-21-95-64-59(87)58(86)57(85)55(38-81)97-64)6-4-5-19-79-36-44(75-76-79)29-51(74-56(84)37-78(70)34-41(67)32-66)61(89)71-18-22-92-24-26-94-27-25-93-23-20-77(69)35-42(68)33-72-60(88)40-9-14-48-47(28-40)63(91)98-65(48)49-15-12-45(82)30-53(49)96-54-31-46(83)13-16-50(54)65/h7-16,28,30-31,34-36,51-52,55,57-59,61,64,71,81,85-87,89H,4-6,17-27,29,32-33,37-38,66-70H2,1-3H3,(H4-,72,73,74,82,83,84,88,90)/p+1/b41-34-,42-35-/t51-,52-,55+,57+,58-,59+,61?,64+/m0/s1. The summed E-state index contributed by atoms with van der Waals surface area (Å²) in [6.45, 7) is 1.61. The number of aliphatic hydroxyl groups is 5. The molecule has 1 fully saturated rings. The van der Waals surface area contributed by atoms with E-state index in [0.29, 0.717) is 64.8 Å². The Labute approximate surface area is 566 Å². The van der Waals surface area contributed by atoms with Crippen molar-refractivity contribution in [1.82, 2.24) is 41.0 Å². The van der Waals surface area contributed by atoms with Gasteiger partial charge < -0.3 is 117 Å². The van der Waals surface area contributed by atoms with Crippen LogP contribution in [0.4, 0.5) is 5.69 Å². The number of esters is 1. The summed E-state index contributed by atoms with van der Waals surface area (Å²) < 4.78 is 42.1. The molecule has 33 heteroatoms. The Morgan fingerprint density at radius 1 is 0.806 bits per heavy atom. The molecule has 21 N–H and O–H groups in total. The number of hydrogen-bond donors (Lipinski definition) is 16. The number of unbranched alkanes of at least 4 members (excludes halogenated alkanes) is 1. The molecule has 3 aliphatic heterocycles. The molecular weight excluding hydrogens is 1280 g/mol. The molecule has 3 amide bonds. The minimum absolute atomic E-state index is 0.0316. The zero-order chi connectivity index (χ0) is 70.7. The smallest absolute Gasteiger partial charge is 0.340 e. The second-order valence-corrected chi connectivity index (χ2v) is 24.7. The van der Waals surface area contributed by atoms with Gasteiger partial charge in [-0.05, 0) is 73.4 Å². The first kappa shape index (κ1) is 75.2. The van der Waals surface area contributed by atoms with Crippen molar-refractivity contribution in [2.45, 2.75) is 93.3 Å². The number of hydrazine groups is 2. The fraction of sp³-hybridized carbons (Fsp3) is 0.477. The Hall–Kier alpha value is -8.62. The number of hydrogen-bond acceptors (Lipinski definition) is 28. The minimum atomic E-state index is -1.53. The number of fused-ring (bicyclic) bond motifs is 6. The number of phenolic OH excluding ortho intramolecular Hbond substituents is 2. The number of quaternary nitrogens is 1. The normalized spacial score (nSPS) is 18.9. The monoisotopic (exact) mass is 1370 g/mol. The Morgan fingerprint density at radius 2 is 1.46 bits per heavy atom. The van der Waals surface area contributed by atoms with Crippen molar-refractivity contribution in [2.75, 3.05) is 112 Å². The second-order valence-electron chi connectivity index (χ2n) is 24.7. The number of amides is 3. The summed E-state index contributed by atoms with van der Waals surface area (Å²) in [7, 11) is 5.86. The summed E-state index contributed by atoms with van der Waals surface area (Å²) >= 11 is 0. The summed E-state index contributed by atoms with van der Waals surface area (Å²) in [6.07, 6.45) is -1.11. The molecule has 0 saturated carbocycles. The lowest BCUT2D eigenvalue weighted by atomic mass is 9.77. The number of nitrogens with zero attached hydrogens (tertiary/aromatic N) is 6. The van der Waals surface area contributed by atoms with Crippen LogP contribution in [0.25, 0.3) is 0 Å². The molecule has 1 aromatic heterocycles. The summed E-state index contributed by atoms with van der Waals surface area (Å²) in [6, 6.07) is 19.4. The van der Waals surface area contributed by atoms with E-state index < -0.39 is 79.0 Å². The summed E-state index contributed by atoms with van der Waals surface area (Å²) in [5, 5.41) is 94.0. The average molecular weight is 1370 g/mol. The van der Waals surface area contributed by atoms with Crippen LogP contribution < -0.4 is 54.9 Å². The maximum absolute atomic E-state index is 13.7. The number of aromatic hydroxyl groups is 2. The number of nitrogens with one attached hydrogen (secondary N) is 4. The zero-order valence-electron chi connectivity index (χ0n) is 55.0. The Morgan fingerprint density at radius 3 is 2.12 bits per heavy atom. The Kier molecular flexibility index (Phi) is 27.0. The number of aliphatic hydroxyl groups excluding tert-OH is 5. The maximum Gasteiger partial charge on any atom is 0.340 e. The van der Waals surface area contributed by atoms with Gasteiger partial charge in [-0.25, -0.2) is 16.5 Å². The number of aromatic nitrogens is 3. The van der Waals surface area contributed by atoms with E-state index in [1.807, 2.05) is 33.3 Å². The molecule has 4 heterocycles. The lowest BCUT2D eigenvalue weighted by Crippen LogP contribution is -2.59. The van der Waals surface area contributed by atoms with Gasteiger partial charge in [0.15, 0.2) is 17.9 Å². The van der Waals surface area contributed by atoms with Crippen molar-refractivity contribution in [1.29, 1.82) is 0 Å². The van der Waals surface area contributed by atoms with Crippen LogP contribution in [0.1, 0.15) is 67.9 Å². The summed E-state index contributed by atoms with van der Waals surface area (Å²) in [4.78, 5) is 53.7. The van der Waals surface area contributed by atoms with Crippen molar-refractivity contribution in [3.8, 4) is 23.0 Å². The topological polar surface area (TPSA) is 490 Å². The van der Waals surface area contributed by atoms with Gasteiger partial charge in [0.25, 0.3) is 11.8 Å². The molecule has 4 aromatic carbocycles. The number of phenols is 2. The number of likely N-dealkylation sites (N-methyl/N-ethyl adjacent to an activating group) is 1. The molecule has 1 unspecified atom stereocenters. The molecule has 8 atom stereocenters. The number of aryl methyl sites for hydroxylation is 1. The van der Waals surface area contributed by atoms with Crippen LogP contribution in [0.5, 0.6) is 23.0 Å². The first-order valence-electron chi connectivity index (χ1n) is 32.0. The van der Waals surface area contributed by atoms with Gasteiger partial charge in [0.2, 0.25) is 5.91 Å². The lowest BCUT2D eigenvalue weighted by Gasteiger charge is -2.39. The number of carbonyl (C=O) groups is 4. The molecule has 1 spiro atoms. The second kappa shape index (κ2) is 35.2. The molecular formula is C65H92N15O18+. The van der Waals surface area contributed by atoms with Crippen molar-refractivity contribution >= 4 is 29.4 Å². The van der Waals surface area contributed by atoms with E-state index in [9.17, 15) is 54.9 Å². The number of benzene rings is 4. The van der Waals surface area contributed by atoms with Crippen molar-refractivity contribution in [3.05, 3.63) is 148 Å². The van der Waals surface area contributed by atoms with Gasteiger partial charge in [-0.2, -0.15) is 0 Å². The highest BCUT2D eigenvalue weighted by molar-refractivity contribution is 6.02. The van der Waals surface area contributed by atoms with Gasteiger partial charge in [0, 0.05) is 103 Å². The highest BCUT2D eigenvalue weighted by atomic mass is 16.7. The summed E-state index contributed by atoms with van der Waals surface area (Å²) in [5.74, 6) is 10.5. The van der Waals surface area contributed by atoms with E-state index in [0.717, 1.165) is 10.6 Å². The van der Waals surface area contributed by atoms with Crippen LogP contribution in [-0.4, -0.2) is 245 Å². The fourth-order valence-corrected chi connectivity index (χ4v) is 11.3. The van der Waals surface area contributed by atoms with Crippen LogP contribution in [0, 0.1) is 0 Å². The minimum Gasteiger partial charge on any atom is -0.508 e. The lowest BCUT2D eigenvalue weighted by molar-refractivity contribution is -0.886. The van der Waals surface area contributed by atoms with Gasteiger partial charge >= 0.3 is 5.97 Å². The van der Waals surface area contributed by atoms with Gasteiger partial charge in [-0.3, -0.25) is 24.4 Å².